The lowest BCUT2D eigenvalue weighted by Crippen LogP contribution is -2.20. The summed E-state index contributed by atoms with van der Waals surface area (Å²) in [7, 11) is 0. The number of amides is 2. The van der Waals surface area contributed by atoms with Crippen molar-refractivity contribution in [3.05, 3.63) is 76.7 Å². The van der Waals surface area contributed by atoms with E-state index in [2.05, 4.69) is 20.6 Å². The Balaban J connectivity index is 1.68. The largest absolute Gasteiger partial charge is 0.383 e. The van der Waals surface area contributed by atoms with E-state index in [1.165, 1.54) is 6.33 Å². The minimum atomic E-state index is -0.468. The Morgan fingerprint density at radius 3 is 2.42 bits per heavy atom. The number of nitrogens with zero attached hydrogens (tertiary/aromatic N) is 3. The summed E-state index contributed by atoms with van der Waals surface area (Å²) in [4.78, 5) is 34.4. The monoisotopic (exact) mass is 462 g/mol. The van der Waals surface area contributed by atoms with Gasteiger partial charge in [-0.3, -0.25) is 4.79 Å². The average Bonchev–Trinajstić information content (AvgIpc) is 3.18. The molecule has 2 amide bonds. The number of nitrogen functional groups attached to an aromatic ring is 1. The molecular weight excluding hydrogens is 440 g/mol. The zero-order chi connectivity index (χ0) is 23.7. The molecule has 0 aliphatic rings. The van der Waals surface area contributed by atoms with E-state index in [9.17, 15) is 9.59 Å². The first-order valence-corrected chi connectivity index (χ1v) is 10.7. The van der Waals surface area contributed by atoms with Gasteiger partial charge >= 0.3 is 6.03 Å². The van der Waals surface area contributed by atoms with Crippen molar-refractivity contribution in [3.63, 3.8) is 0 Å². The Morgan fingerprint density at radius 2 is 1.70 bits per heavy atom. The van der Waals surface area contributed by atoms with Crippen LogP contribution in [-0.2, 0) is 0 Å². The second-order valence-electron chi connectivity index (χ2n) is 7.89. The van der Waals surface area contributed by atoms with Crippen molar-refractivity contribution in [1.82, 2.24) is 14.5 Å². The van der Waals surface area contributed by atoms with E-state index >= 15 is 0 Å². The molecular formula is C24H23ClN6O2. The van der Waals surface area contributed by atoms with Crippen molar-refractivity contribution < 1.29 is 9.59 Å². The number of carbonyl (C=O) groups is 2. The Kier molecular flexibility index (Phi) is 6.02. The highest BCUT2D eigenvalue weighted by atomic mass is 35.5. The maximum atomic E-state index is 13.5. The number of ketones is 1. The van der Waals surface area contributed by atoms with Gasteiger partial charge in [0.05, 0.1) is 21.7 Å². The highest BCUT2D eigenvalue weighted by Gasteiger charge is 2.24. The molecule has 0 spiro atoms. The molecule has 0 saturated heterocycles. The number of fused-ring (bicyclic) bond motifs is 1. The quantitative estimate of drug-likeness (QED) is 0.342. The average molecular weight is 463 g/mol. The molecule has 8 nitrogen and oxygen atoms in total. The number of nitrogens with two attached hydrogens (primary N) is 1. The molecule has 0 fully saturated rings. The molecule has 4 N–H and O–H groups in total. The molecule has 2 heterocycles. The van der Waals surface area contributed by atoms with Crippen LogP contribution in [0.5, 0.6) is 0 Å². The molecule has 2 aromatic heterocycles. The Hall–Kier alpha value is -3.91. The summed E-state index contributed by atoms with van der Waals surface area (Å²) >= 11 is 6.56. The molecule has 168 valence electrons. The van der Waals surface area contributed by atoms with Gasteiger partial charge in [0.25, 0.3) is 0 Å². The van der Waals surface area contributed by atoms with E-state index in [4.69, 9.17) is 17.3 Å². The molecule has 0 aliphatic carbocycles. The van der Waals surface area contributed by atoms with E-state index < -0.39 is 6.03 Å². The summed E-state index contributed by atoms with van der Waals surface area (Å²) in [6.45, 7) is 5.86. The fourth-order valence-corrected chi connectivity index (χ4v) is 3.87. The number of benzene rings is 2. The number of para-hydroxylation sites is 1. The van der Waals surface area contributed by atoms with Crippen molar-refractivity contribution >= 4 is 51.6 Å². The van der Waals surface area contributed by atoms with Gasteiger partial charge in [-0.2, -0.15) is 0 Å². The number of hydrogen-bond acceptors (Lipinski definition) is 5. The minimum absolute atomic E-state index is 0.0527. The number of rotatable bonds is 5. The Bertz CT molecular complexity index is 1380. The van der Waals surface area contributed by atoms with E-state index in [1.807, 2.05) is 43.5 Å². The van der Waals surface area contributed by atoms with Gasteiger partial charge in [0.1, 0.15) is 17.8 Å². The molecule has 0 saturated carbocycles. The van der Waals surface area contributed by atoms with E-state index in [-0.39, 0.29) is 28.2 Å². The molecule has 9 heteroatoms. The fourth-order valence-electron chi connectivity index (χ4n) is 3.61. The number of nitrogens with one attached hydrogen (secondary N) is 2. The highest BCUT2D eigenvalue weighted by molar-refractivity contribution is 6.38. The lowest BCUT2D eigenvalue weighted by Gasteiger charge is -2.12. The second kappa shape index (κ2) is 8.91. The summed E-state index contributed by atoms with van der Waals surface area (Å²) in [6.07, 6.45) is 3.08. The maximum Gasteiger partial charge on any atom is 0.323 e. The van der Waals surface area contributed by atoms with Crippen molar-refractivity contribution in [2.75, 3.05) is 16.4 Å². The molecule has 2 aromatic carbocycles. The van der Waals surface area contributed by atoms with Gasteiger partial charge in [0, 0.05) is 23.5 Å². The highest BCUT2D eigenvalue weighted by Crippen LogP contribution is 2.32. The van der Waals surface area contributed by atoms with E-state index in [1.54, 1.807) is 30.5 Å². The normalized spacial score (nSPS) is 11.1. The standard InChI is InChI=1S/C24H23ClN6O2/c1-13(2)31-11-16(19-22(26)27-12-28-23(19)31)21(32)15-8-6-10-18(20(15)25)30-24(33)29-17-9-5-4-7-14(17)3/h4-13H,1-3H3,(H2,26,27,28)(H2,29,30,33). The maximum absolute atomic E-state index is 13.5. The van der Waals surface area contributed by atoms with Gasteiger partial charge in [-0.05, 0) is 44.5 Å². The van der Waals surface area contributed by atoms with Crippen molar-refractivity contribution in [2.24, 2.45) is 0 Å². The van der Waals surface area contributed by atoms with Crippen molar-refractivity contribution in [3.8, 4) is 0 Å². The zero-order valence-corrected chi connectivity index (χ0v) is 19.1. The Labute approximate surface area is 195 Å². The van der Waals surface area contributed by atoms with Crippen LogP contribution < -0.4 is 16.4 Å². The third-order valence-corrected chi connectivity index (χ3v) is 5.73. The van der Waals surface area contributed by atoms with Gasteiger partial charge in [0.15, 0.2) is 5.78 Å². The van der Waals surface area contributed by atoms with Crippen molar-refractivity contribution in [1.29, 1.82) is 0 Å². The van der Waals surface area contributed by atoms with Gasteiger partial charge in [-0.15, -0.1) is 0 Å². The van der Waals surface area contributed by atoms with Crippen LogP contribution in [-0.4, -0.2) is 26.3 Å². The number of hydrogen-bond donors (Lipinski definition) is 3. The molecule has 0 radical (unpaired) electrons. The van der Waals surface area contributed by atoms with Gasteiger partial charge in [0.2, 0.25) is 0 Å². The molecule has 33 heavy (non-hydrogen) atoms. The molecule has 0 bridgehead atoms. The molecule has 0 atom stereocenters. The van der Waals surface area contributed by atoms with Crippen LogP contribution in [0.1, 0.15) is 41.4 Å². The number of aromatic nitrogens is 3. The number of aryl methyl sites for hydroxylation is 1. The third-order valence-electron chi connectivity index (χ3n) is 5.32. The summed E-state index contributed by atoms with van der Waals surface area (Å²) in [6, 6.07) is 11.9. The lowest BCUT2D eigenvalue weighted by molar-refractivity contribution is 0.104. The first kappa shape index (κ1) is 22.3. The number of urea groups is 1. The SMILES string of the molecule is Cc1ccccc1NC(=O)Nc1cccc(C(=O)c2cn(C(C)C)c3ncnc(N)c23)c1Cl. The zero-order valence-electron chi connectivity index (χ0n) is 18.4. The van der Waals surface area contributed by atoms with Gasteiger partial charge in [-0.1, -0.05) is 35.9 Å². The molecule has 4 aromatic rings. The molecule has 4 rings (SSSR count). The van der Waals surface area contributed by atoms with Crippen LogP contribution in [0.4, 0.5) is 22.0 Å². The smallest absolute Gasteiger partial charge is 0.323 e. The minimum Gasteiger partial charge on any atom is -0.383 e. The van der Waals surface area contributed by atoms with Crippen LogP contribution in [0.2, 0.25) is 5.02 Å². The first-order valence-electron chi connectivity index (χ1n) is 10.4. The van der Waals surface area contributed by atoms with Gasteiger partial charge < -0.3 is 20.9 Å². The first-order chi connectivity index (χ1) is 15.8. The van der Waals surface area contributed by atoms with Crippen molar-refractivity contribution in [2.45, 2.75) is 26.8 Å². The molecule has 0 aliphatic heterocycles. The van der Waals surface area contributed by atoms with Crippen LogP contribution in [0, 0.1) is 6.92 Å². The second-order valence-corrected chi connectivity index (χ2v) is 8.27. The fraction of sp³-hybridized carbons (Fsp3) is 0.167. The Morgan fingerprint density at radius 1 is 1.00 bits per heavy atom. The van der Waals surface area contributed by atoms with Crippen LogP contribution in [0.15, 0.2) is 55.0 Å². The summed E-state index contributed by atoms with van der Waals surface area (Å²) in [5, 5.41) is 6.10. The summed E-state index contributed by atoms with van der Waals surface area (Å²) < 4.78 is 1.87. The van der Waals surface area contributed by atoms with Crippen LogP contribution in [0.25, 0.3) is 11.0 Å². The van der Waals surface area contributed by atoms with E-state index in [0.717, 1.165) is 5.56 Å². The molecule has 0 unspecified atom stereocenters. The van der Waals surface area contributed by atoms with Crippen LogP contribution in [0.3, 0.4) is 0 Å². The summed E-state index contributed by atoms with van der Waals surface area (Å²) in [5.41, 5.74) is 9.15. The predicted molar refractivity (Wildman–Crippen MR) is 131 cm³/mol. The number of carbonyl (C=O) groups excluding carboxylic acids is 2. The third kappa shape index (κ3) is 4.25. The number of anilines is 3. The lowest BCUT2D eigenvalue weighted by atomic mass is 10.0. The predicted octanol–water partition coefficient (Wildman–Crippen LogP) is 5.43. The van der Waals surface area contributed by atoms with Gasteiger partial charge in [-0.25, -0.2) is 14.8 Å². The number of halogens is 1. The topological polar surface area (TPSA) is 115 Å². The van der Waals surface area contributed by atoms with E-state index in [0.29, 0.717) is 28.0 Å². The van der Waals surface area contributed by atoms with Crippen LogP contribution >= 0.6 is 11.6 Å². The summed E-state index contributed by atoms with van der Waals surface area (Å²) in [5.74, 6) is -0.125.